The second kappa shape index (κ2) is 6.42. The van der Waals surface area contributed by atoms with E-state index in [0.717, 1.165) is 11.1 Å². The first-order valence-electron chi connectivity index (χ1n) is 6.17. The normalized spacial score (nSPS) is 10.7. The Kier molecular flexibility index (Phi) is 4.62. The summed E-state index contributed by atoms with van der Waals surface area (Å²) in [5.41, 5.74) is 1.63. The molecule has 0 spiro atoms. The highest BCUT2D eigenvalue weighted by Gasteiger charge is 2.07. The summed E-state index contributed by atoms with van der Waals surface area (Å²) in [6.45, 7) is 2.47. The smallest absolute Gasteiger partial charge is 0.343 e. The SMILES string of the molecule is CCn1c(SCc2ccc(CC(=O)O)cc2)n[nH]c1=O. The van der Waals surface area contributed by atoms with Crippen molar-refractivity contribution in [2.75, 3.05) is 0 Å². The van der Waals surface area contributed by atoms with Gasteiger partial charge in [-0.25, -0.2) is 9.89 Å². The topological polar surface area (TPSA) is 88.0 Å². The molecule has 6 nitrogen and oxygen atoms in total. The number of thioether (sulfide) groups is 1. The van der Waals surface area contributed by atoms with Crippen molar-refractivity contribution >= 4 is 17.7 Å². The van der Waals surface area contributed by atoms with Crippen molar-refractivity contribution in [3.05, 3.63) is 45.9 Å². The molecule has 1 aromatic carbocycles. The van der Waals surface area contributed by atoms with Gasteiger partial charge in [0, 0.05) is 12.3 Å². The number of H-pyrrole nitrogens is 1. The molecule has 2 N–H and O–H groups in total. The summed E-state index contributed by atoms with van der Waals surface area (Å²) in [6, 6.07) is 7.40. The van der Waals surface area contributed by atoms with Gasteiger partial charge in [-0.3, -0.25) is 9.36 Å². The van der Waals surface area contributed by atoms with Gasteiger partial charge in [0.1, 0.15) is 0 Å². The standard InChI is InChI=1S/C13H15N3O3S/c1-2-16-12(19)14-15-13(16)20-8-10-5-3-9(4-6-10)7-11(17)18/h3-6H,2,7-8H2,1H3,(H,14,19)(H,17,18). The molecule has 0 aliphatic carbocycles. The number of carbonyl (C=O) groups is 1. The van der Waals surface area contributed by atoms with Gasteiger partial charge in [-0.2, -0.15) is 0 Å². The number of benzene rings is 1. The van der Waals surface area contributed by atoms with Gasteiger partial charge in [0.15, 0.2) is 5.16 Å². The third-order valence-electron chi connectivity index (χ3n) is 2.79. The molecule has 106 valence electrons. The molecule has 0 atom stereocenters. The van der Waals surface area contributed by atoms with Gasteiger partial charge in [0.05, 0.1) is 6.42 Å². The van der Waals surface area contributed by atoms with Gasteiger partial charge in [0.2, 0.25) is 0 Å². The molecule has 0 radical (unpaired) electrons. The molecule has 7 heteroatoms. The molecule has 0 bridgehead atoms. The number of hydrogen-bond acceptors (Lipinski definition) is 4. The molecule has 0 saturated heterocycles. The second-order valence-corrected chi connectivity index (χ2v) is 5.17. The zero-order valence-electron chi connectivity index (χ0n) is 11.0. The number of nitrogens with zero attached hydrogens (tertiary/aromatic N) is 2. The summed E-state index contributed by atoms with van der Waals surface area (Å²) in [4.78, 5) is 22.0. The van der Waals surface area contributed by atoms with Gasteiger partial charge < -0.3 is 5.11 Å². The van der Waals surface area contributed by atoms with Gasteiger partial charge in [-0.05, 0) is 18.1 Å². The largest absolute Gasteiger partial charge is 0.481 e. The zero-order chi connectivity index (χ0) is 14.5. The fourth-order valence-corrected chi connectivity index (χ4v) is 2.73. The average Bonchev–Trinajstić information content (AvgIpc) is 2.77. The van der Waals surface area contributed by atoms with Crippen molar-refractivity contribution in [3.8, 4) is 0 Å². The number of carboxylic acids is 1. The van der Waals surface area contributed by atoms with E-state index in [4.69, 9.17) is 5.11 Å². The summed E-state index contributed by atoms with van der Waals surface area (Å²) >= 11 is 1.47. The molecule has 20 heavy (non-hydrogen) atoms. The summed E-state index contributed by atoms with van der Waals surface area (Å²) in [6.07, 6.45) is 0.0299. The fraction of sp³-hybridized carbons (Fsp3) is 0.308. The Morgan fingerprint density at radius 3 is 2.60 bits per heavy atom. The first-order chi connectivity index (χ1) is 9.60. The molecule has 0 aliphatic heterocycles. The number of aromatic amines is 1. The minimum Gasteiger partial charge on any atom is -0.481 e. The third kappa shape index (κ3) is 3.51. The van der Waals surface area contributed by atoms with Crippen LogP contribution in [0.4, 0.5) is 0 Å². The van der Waals surface area contributed by atoms with Gasteiger partial charge in [0.25, 0.3) is 0 Å². The lowest BCUT2D eigenvalue weighted by atomic mass is 10.1. The van der Waals surface area contributed by atoms with E-state index in [2.05, 4.69) is 10.2 Å². The predicted molar refractivity (Wildman–Crippen MR) is 75.9 cm³/mol. The molecule has 0 fully saturated rings. The molecule has 0 aliphatic rings. The number of nitrogens with one attached hydrogen (secondary N) is 1. The van der Waals surface area contributed by atoms with Crippen LogP contribution in [0, 0.1) is 0 Å². The number of aliphatic carboxylic acids is 1. The van der Waals surface area contributed by atoms with Gasteiger partial charge in [-0.15, -0.1) is 5.10 Å². The Hall–Kier alpha value is -2.02. The van der Waals surface area contributed by atoms with Crippen molar-refractivity contribution in [3.63, 3.8) is 0 Å². The van der Waals surface area contributed by atoms with E-state index in [1.165, 1.54) is 11.8 Å². The minimum atomic E-state index is -0.837. The van der Waals surface area contributed by atoms with Crippen LogP contribution in [-0.4, -0.2) is 25.8 Å². The maximum atomic E-state index is 11.4. The lowest BCUT2D eigenvalue weighted by molar-refractivity contribution is -0.136. The highest BCUT2D eigenvalue weighted by Crippen LogP contribution is 2.19. The summed E-state index contributed by atoms with van der Waals surface area (Å²) in [5, 5.41) is 15.8. The van der Waals surface area contributed by atoms with Gasteiger partial charge >= 0.3 is 11.7 Å². The van der Waals surface area contributed by atoms with E-state index in [9.17, 15) is 9.59 Å². The Labute approximate surface area is 119 Å². The quantitative estimate of drug-likeness (QED) is 0.788. The van der Waals surface area contributed by atoms with Crippen LogP contribution >= 0.6 is 11.8 Å². The number of aromatic nitrogens is 3. The van der Waals surface area contributed by atoms with E-state index < -0.39 is 5.97 Å². The van der Waals surface area contributed by atoms with Crippen LogP contribution in [0.1, 0.15) is 18.1 Å². The highest BCUT2D eigenvalue weighted by molar-refractivity contribution is 7.98. The Bertz CT molecular complexity index is 646. The average molecular weight is 293 g/mol. The number of rotatable bonds is 6. The summed E-state index contributed by atoms with van der Waals surface area (Å²) < 4.78 is 1.57. The van der Waals surface area contributed by atoms with Crippen LogP contribution in [-0.2, 0) is 23.5 Å². The summed E-state index contributed by atoms with van der Waals surface area (Å²) in [5.74, 6) is -0.159. The van der Waals surface area contributed by atoms with Gasteiger partial charge in [-0.1, -0.05) is 36.0 Å². The molecular formula is C13H15N3O3S. The molecular weight excluding hydrogens is 278 g/mol. The van der Waals surface area contributed by atoms with Crippen molar-refractivity contribution in [2.45, 2.75) is 30.8 Å². The Balaban J connectivity index is 2.00. The summed E-state index contributed by atoms with van der Waals surface area (Å²) in [7, 11) is 0. The third-order valence-corrected chi connectivity index (χ3v) is 3.83. The van der Waals surface area contributed by atoms with Crippen molar-refractivity contribution in [1.82, 2.24) is 14.8 Å². The molecule has 0 saturated carbocycles. The molecule has 2 aromatic rings. The van der Waals surface area contributed by atoms with Crippen molar-refractivity contribution in [2.24, 2.45) is 0 Å². The maximum Gasteiger partial charge on any atom is 0.343 e. The van der Waals surface area contributed by atoms with E-state index >= 15 is 0 Å². The molecule has 0 amide bonds. The monoisotopic (exact) mass is 293 g/mol. The first-order valence-corrected chi connectivity index (χ1v) is 7.16. The molecule has 1 heterocycles. The Morgan fingerprint density at radius 2 is 2.00 bits per heavy atom. The lowest BCUT2D eigenvalue weighted by Gasteiger charge is -2.03. The molecule has 1 aromatic heterocycles. The van der Waals surface area contributed by atoms with Crippen molar-refractivity contribution < 1.29 is 9.90 Å². The predicted octanol–water partition coefficient (Wildman–Crippen LogP) is 1.51. The zero-order valence-corrected chi connectivity index (χ0v) is 11.8. The van der Waals surface area contributed by atoms with Crippen LogP contribution in [0.3, 0.4) is 0 Å². The molecule has 2 rings (SSSR count). The fourth-order valence-electron chi connectivity index (χ4n) is 1.77. The Morgan fingerprint density at radius 1 is 1.35 bits per heavy atom. The van der Waals surface area contributed by atoms with Crippen LogP contribution in [0.25, 0.3) is 0 Å². The van der Waals surface area contributed by atoms with E-state index in [1.54, 1.807) is 4.57 Å². The van der Waals surface area contributed by atoms with Crippen LogP contribution in [0.2, 0.25) is 0 Å². The van der Waals surface area contributed by atoms with Crippen LogP contribution in [0.5, 0.6) is 0 Å². The molecule has 0 unspecified atom stereocenters. The first kappa shape index (κ1) is 14.4. The minimum absolute atomic E-state index is 0.0299. The highest BCUT2D eigenvalue weighted by atomic mass is 32.2. The lowest BCUT2D eigenvalue weighted by Crippen LogP contribution is -2.16. The van der Waals surface area contributed by atoms with E-state index in [-0.39, 0.29) is 12.1 Å². The maximum absolute atomic E-state index is 11.4. The second-order valence-electron chi connectivity index (χ2n) is 4.23. The number of carboxylic acid groups (broad SMARTS) is 1. The van der Waals surface area contributed by atoms with Crippen LogP contribution in [0.15, 0.2) is 34.2 Å². The van der Waals surface area contributed by atoms with Crippen molar-refractivity contribution in [1.29, 1.82) is 0 Å². The number of hydrogen-bond donors (Lipinski definition) is 2. The van der Waals surface area contributed by atoms with Crippen LogP contribution < -0.4 is 5.69 Å². The van der Waals surface area contributed by atoms with E-state index in [1.807, 2.05) is 31.2 Å². The van der Waals surface area contributed by atoms with E-state index in [0.29, 0.717) is 17.5 Å².